The van der Waals surface area contributed by atoms with Crippen LogP contribution in [0.15, 0.2) is 22.7 Å². The third kappa shape index (κ3) is 3.10. The number of nitrogens with zero attached hydrogens (tertiary/aromatic N) is 2. The third-order valence-corrected chi connectivity index (χ3v) is 5.21. The number of hydrogen-bond donors (Lipinski definition) is 0. The standard InChI is InChI=1S/C18H23BrN2O2/c1-12(22)17-15-10-14(19)4-5-16(15)21-7-6-13(18(17)21)11-20(2)8-9-23-3/h4-5,10,13H,6-9,11H2,1-3H3. The van der Waals surface area contributed by atoms with Gasteiger partial charge in [-0.05, 0) is 38.6 Å². The molecule has 0 spiro atoms. The van der Waals surface area contributed by atoms with E-state index in [4.69, 9.17) is 4.74 Å². The van der Waals surface area contributed by atoms with Gasteiger partial charge in [-0.15, -0.1) is 0 Å². The highest BCUT2D eigenvalue weighted by Crippen LogP contribution is 2.39. The Morgan fingerprint density at radius 2 is 2.26 bits per heavy atom. The van der Waals surface area contributed by atoms with Gasteiger partial charge in [-0.2, -0.15) is 0 Å². The Balaban J connectivity index is 2.00. The summed E-state index contributed by atoms with van der Waals surface area (Å²) >= 11 is 3.53. The Morgan fingerprint density at radius 3 is 2.96 bits per heavy atom. The minimum absolute atomic E-state index is 0.160. The van der Waals surface area contributed by atoms with E-state index in [0.29, 0.717) is 5.92 Å². The number of rotatable bonds is 6. The van der Waals surface area contributed by atoms with Gasteiger partial charge in [0, 0.05) is 59.3 Å². The van der Waals surface area contributed by atoms with Gasteiger partial charge in [-0.3, -0.25) is 4.79 Å². The van der Waals surface area contributed by atoms with Crippen molar-refractivity contribution in [2.75, 3.05) is 33.9 Å². The van der Waals surface area contributed by atoms with Crippen LogP contribution in [0.5, 0.6) is 0 Å². The molecule has 0 saturated carbocycles. The molecule has 3 rings (SSSR count). The number of ether oxygens (including phenoxy) is 1. The smallest absolute Gasteiger partial charge is 0.162 e. The molecule has 0 saturated heterocycles. The first-order chi connectivity index (χ1) is 11.0. The molecule has 1 unspecified atom stereocenters. The third-order valence-electron chi connectivity index (χ3n) is 4.71. The van der Waals surface area contributed by atoms with Crippen molar-refractivity contribution in [1.82, 2.24) is 9.47 Å². The number of benzene rings is 1. The van der Waals surface area contributed by atoms with Crippen molar-refractivity contribution < 1.29 is 9.53 Å². The van der Waals surface area contributed by atoms with Crippen LogP contribution in [0.25, 0.3) is 10.9 Å². The SMILES string of the molecule is COCCN(C)CC1CCn2c1c(C(C)=O)c1cc(Br)ccc12. The van der Waals surface area contributed by atoms with Crippen molar-refractivity contribution in [3.8, 4) is 0 Å². The second kappa shape index (κ2) is 6.75. The van der Waals surface area contributed by atoms with Gasteiger partial charge in [0.05, 0.1) is 6.61 Å². The molecule has 2 aromatic rings. The number of ketones is 1. The number of Topliss-reactive ketones (excluding diaryl/α,β-unsaturated/α-hetero) is 1. The Bertz CT molecular complexity index is 738. The molecule has 4 nitrogen and oxygen atoms in total. The van der Waals surface area contributed by atoms with Crippen molar-refractivity contribution in [1.29, 1.82) is 0 Å². The number of carbonyl (C=O) groups is 1. The van der Waals surface area contributed by atoms with E-state index in [-0.39, 0.29) is 5.78 Å². The molecular weight excluding hydrogens is 356 g/mol. The quantitative estimate of drug-likeness (QED) is 0.719. The fourth-order valence-electron chi connectivity index (χ4n) is 3.70. The van der Waals surface area contributed by atoms with Crippen LogP contribution in [0.4, 0.5) is 0 Å². The van der Waals surface area contributed by atoms with E-state index in [1.807, 2.05) is 0 Å². The van der Waals surface area contributed by atoms with Crippen molar-refractivity contribution >= 4 is 32.6 Å². The lowest BCUT2D eigenvalue weighted by atomic mass is 9.96. The second-order valence-corrected chi connectivity index (χ2v) is 7.29. The first-order valence-corrected chi connectivity index (χ1v) is 8.82. The first-order valence-electron chi connectivity index (χ1n) is 8.03. The molecule has 124 valence electrons. The number of methoxy groups -OCH3 is 1. The molecule has 1 aliphatic heterocycles. The van der Waals surface area contributed by atoms with Gasteiger partial charge < -0.3 is 14.2 Å². The van der Waals surface area contributed by atoms with E-state index in [9.17, 15) is 4.79 Å². The number of hydrogen-bond acceptors (Lipinski definition) is 3. The topological polar surface area (TPSA) is 34.5 Å². The molecule has 2 heterocycles. The maximum absolute atomic E-state index is 12.3. The van der Waals surface area contributed by atoms with Crippen molar-refractivity contribution in [2.45, 2.75) is 25.8 Å². The molecule has 5 heteroatoms. The van der Waals surface area contributed by atoms with Gasteiger partial charge in [-0.1, -0.05) is 15.9 Å². The minimum Gasteiger partial charge on any atom is -0.383 e. The summed E-state index contributed by atoms with van der Waals surface area (Å²) in [5.74, 6) is 0.565. The maximum Gasteiger partial charge on any atom is 0.162 e. The predicted molar refractivity (Wildman–Crippen MR) is 96.4 cm³/mol. The number of halogens is 1. The van der Waals surface area contributed by atoms with Crippen LogP contribution in [0.1, 0.15) is 35.3 Å². The highest BCUT2D eigenvalue weighted by atomic mass is 79.9. The molecule has 0 N–H and O–H groups in total. The number of carbonyl (C=O) groups excluding carboxylic acids is 1. The Labute approximate surface area is 145 Å². The lowest BCUT2D eigenvalue weighted by Gasteiger charge is -2.21. The molecule has 1 aromatic carbocycles. The fraction of sp³-hybridized carbons (Fsp3) is 0.500. The highest BCUT2D eigenvalue weighted by molar-refractivity contribution is 9.10. The van der Waals surface area contributed by atoms with Crippen LogP contribution in [-0.2, 0) is 11.3 Å². The van der Waals surface area contributed by atoms with Crippen LogP contribution in [0, 0.1) is 0 Å². The van der Waals surface area contributed by atoms with Crippen LogP contribution in [-0.4, -0.2) is 49.1 Å². The number of likely N-dealkylation sites (N-methyl/N-ethyl adjacent to an activating group) is 1. The fourth-order valence-corrected chi connectivity index (χ4v) is 4.06. The normalized spacial score (nSPS) is 17.2. The van der Waals surface area contributed by atoms with Gasteiger partial charge in [0.1, 0.15) is 0 Å². The van der Waals surface area contributed by atoms with E-state index in [0.717, 1.165) is 48.1 Å². The Hall–Kier alpha value is -1.17. The molecule has 0 bridgehead atoms. The maximum atomic E-state index is 12.3. The van der Waals surface area contributed by atoms with Gasteiger partial charge >= 0.3 is 0 Å². The largest absolute Gasteiger partial charge is 0.383 e. The van der Waals surface area contributed by atoms with E-state index in [1.165, 1.54) is 11.2 Å². The molecule has 1 aliphatic rings. The number of aryl methyl sites for hydroxylation is 1. The molecule has 1 aromatic heterocycles. The van der Waals surface area contributed by atoms with Gasteiger partial charge in [0.25, 0.3) is 0 Å². The zero-order valence-electron chi connectivity index (χ0n) is 13.9. The summed E-state index contributed by atoms with van der Waals surface area (Å²) in [4.78, 5) is 14.6. The molecule has 0 aliphatic carbocycles. The van der Waals surface area contributed by atoms with Crippen molar-refractivity contribution in [2.24, 2.45) is 0 Å². The zero-order chi connectivity index (χ0) is 16.6. The summed E-state index contributed by atoms with van der Waals surface area (Å²) in [6.07, 6.45) is 1.10. The summed E-state index contributed by atoms with van der Waals surface area (Å²) < 4.78 is 8.52. The Kier molecular flexibility index (Phi) is 4.90. The van der Waals surface area contributed by atoms with Crippen LogP contribution in [0.3, 0.4) is 0 Å². The van der Waals surface area contributed by atoms with Gasteiger partial charge in [0.2, 0.25) is 0 Å². The zero-order valence-corrected chi connectivity index (χ0v) is 15.5. The minimum atomic E-state index is 0.160. The van der Waals surface area contributed by atoms with Crippen LogP contribution >= 0.6 is 15.9 Å². The highest BCUT2D eigenvalue weighted by Gasteiger charge is 2.31. The van der Waals surface area contributed by atoms with Gasteiger partial charge in [-0.25, -0.2) is 0 Å². The summed E-state index contributed by atoms with van der Waals surface area (Å²) in [7, 11) is 3.85. The van der Waals surface area contributed by atoms with E-state index < -0.39 is 0 Å². The van der Waals surface area contributed by atoms with Crippen molar-refractivity contribution in [3.63, 3.8) is 0 Å². The van der Waals surface area contributed by atoms with E-state index in [2.05, 4.69) is 50.6 Å². The summed E-state index contributed by atoms with van der Waals surface area (Å²) in [6.45, 7) is 5.28. The average molecular weight is 379 g/mol. The molecule has 0 amide bonds. The van der Waals surface area contributed by atoms with Crippen molar-refractivity contribution in [3.05, 3.63) is 33.9 Å². The van der Waals surface area contributed by atoms with E-state index in [1.54, 1.807) is 14.0 Å². The monoisotopic (exact) mass is 378 g/mol. The summed E-state index contributed by atoms with van der Waals surface area (Å²) in [6, 6.07) is 6.24. The predicted octanol–water partition coefficient (Wildman–Crippen LogP) is 3.67. The molecule has 0 radical (unpaired) electrons. The lowest BCUT2D eigenvalue weighted by Crippen LogP contribution is -2.27. The lowest BCUT2D eigenvalue weighted by molar-refractivity contribution is 0.101. The van der Waals surface area contributed by atoms with E-state index >= 15 is 0 Å². The van der Waals surface area contributed by atoms with Crippen LogP contribution in [0.2, 0.25) is 0 Å². The van der Waals surface area contributed by atoms with Gasteiger partial charge in [0.15, 0.2) is 5.78 Å². The molecular formula is C18H23BrN2O2. The summed E-state index contributed by atoms with van der Waals surface area (Å²) in [5.41, 5.74) is 3.30. The first kappa shape index (κ1) is 16.7. The number of fused-ring (bicyclic) bond motifs is 3. The molecule has 0 fully saturated rings. The Morgan fingerprint density at radius 1 is 1.48 bits per heavy atom. The van der Waals surface area contributed by atoms with Crippen LogP contribution < -0.4 is 0 Å². The molecule has 1 atom stereocenters. The average Bonchev–Trinajstić information content (AvgIpc) is 3.03. The summed E-state index contributed by atoms with van der Waals surface area (Å²) in [5, 5.41) is 1.08. The number of aromatic nitrogens is 1. The second-order valence-electron chi connectivity index (χ2n) is 6.37. The molecule has 23 heavy (non-hydrogen) atoms.